The number of carbonyl (C=O) groups excluding carboxylic acids is 2. The van der Waals surface area contributed by atoms with Gasteiger partial charge in [-0.1, -0.05) is 36.2 Å². The summed E-state index contributed by atoms with van der Waals surface area (Å²) in [5, 5.41) is 3.90. The van der Waals surface area contributed by atoms with Crippen molar-refractivity contribution in [2.45, 2.75) is 57.1 Å². The first-order chi connectivity index (χ1) is 21.7. The number of fused-ring (bicyclic) bond motifs is 2. The molecule has 3 aliphatic carbocycles. The molecule has 0 radical (unpaired) electrons. The molecule has 45 heavy (non-hydrogen) atoms. The summed E-state index contributed by atoms with van der Waals surface area (Å²) in [7, 11) is 3.51. The van der Waals surface area contributed by atoms with Crippen LogP contribution < -0.4 is 5.32 Å². The summed E-state index contributed by atoms with van der Waals surface area (Å²) < 4.78 is 13.2. The average Bonchev–Trinajstić information content (AvgIpc) is 3.97. The molecule has 2 amide bonds. The lowest BCUT2D eigenvalue weighted by atomic mass is 9.86. The smallest absolute Gasteiger partial charge is 0.409 e. The first kappa shape index (κ1) is 29.7. The molecule has 1 N–H and O–H groups in total. The summed E-state index contributed by atoms with van der Waals surface area (Å²) in [6.45, 7) is 3.79. The molecule has 2 aromatic heterocycles. The van der Waals surface area contributed by atoms with Crippen molar-refractivity contribution in [2.75, 3.05) is 26.8 Å². The van der Waals surface area contributed by atoms with Crippen molar-refractivity contribution in [3.8, 4) is 0 Å². The Kier molecular flexibility index (Phi) is 7.56. The lowest BCUT2D eigenvalue weighted by Gasteiger charge is -2.30. The molecule has 0 spiro atoms. The van der Waals surface area contributed by atoms with Gasteiger partial charge in [-0.3, -0.25) is 9.78 Å². The molecule has 7 rings (SSSR count). The second kappa shape index (κ2) is 11.4. The molecule has 1 atom stereocenters. The molecule has 0 bridgehead atoms. The fraction of sp³-hybridized carbons (Fsp3) is 0.429. The summed E-state index contributed by atoms with van der Waals surface area (Å²) in [6.07, 6.45) is 12.2. The predicted octanol–water partition coefficient (Wildman–Crippen LogP) is 6.19. The predicted molar refractivity (Wildman–Crippen MR) is 172 cm³/mol. The normalized spacial score (nSPS) is 19.9. The number of hydrogen-bond acceptors (Lipinski definition) is 6. The molecule has 1 aromatic carbocycles. The number of nitrogens with one attached hydrogen (secondary N) is 1. The summed E-state index contributed by atoms with van der Waals surface area (Å²) >= 11 is 6.69. The number of hydrogen-bond donors (Lipinski definition) is 1. The highest BCUT2D eigenvalue weighted by molar-refractivity contribution is 6.31. The maximum Gasteiger partial charge on any atom is 0.409 e. The molecular weight excluding hydrogens is 590 g/mol. The molecule has 2 saturated carbocycles. The number of imidazole rings is 1. The van der Waals surface area contributed by atoms with Gasteiger partial charge in [-0.15, -0.1) is 0 Å². The number of carbonyl (C=O) groups is 2. The lowest BCUT2D eigenvalue weighted by Crippen LogP contribution is -2.40. The zero-order valence-electron chi connectivity index (χ0n) is 25.9. The van der Waals surface area contributed by atoms with Crippen LogP contribution >= 0.6 is 11.6 Å². The Balaban J connectivity index is 1.29. The van der Waals surface area contributed by atoms with Crippen LogP contribution in [0.15, 0.2) is 54.6 Å². The first-order valence-electron chi connectivity index (χ1n) is 15.6. The van der Waals surface area contributed by atoms with Gasteiger partial charge >= 0.3 is 6.09 Å². The zero-order valence-corrected chi connectivity index (χ0v) is 26.7. The zero-order chi connectivity index (χ0) is 31.3. The minimum absolute atomic E-state index is 0.148. The van der Waals surface area contributed by atoms with E-state index < -0.39 is 11.6 Å². The van der Waals surface area contributed by atoms with Crippen LogP contribution in [0, 0.1) is 5.41 Å². The van der Waals surface area contributed by atoms with Gasteiger partial charge in [0.2, 0.25) is 0 Å². The lowest BCUT2D eigenvalue weighted by molar-refractivity contribution is -0.134. The Hall–Kier alpha value is -3.95. The Morgan fingerprint density at radius 1 is 1.11 bits per heavy atom. The standard InChI is InChI=1S/C35H38ClN5O4/c1-34(10-11-34)20-45-33(43)41-15-8-22(9-16-41)29-25-7-6-24(36)18-26(25)27(17-23-5-4-14-38-30(23)29)31(28-19-37-21-40(28)2)39-32(42)35(44-3)12-13-35/h4-7,14,17-19,21,31H,8-13,15-16,20H2,1-3H3,(H,39,42). The SMILES string of the molecule is COC1(C(=O)NC(C2=Cc3cccnc3C(=C3CCN(C(=O)OCC4(C)CC4)CC3)c3ccc(Cl)cc32)c2cncn2C)CC1. The maximum absolute atomic E-state index is 13.6. The van der Waals surface area contributed by atoms with Gasteiger partial charge in [0, 0.05) is 55.0 Å². The van der Waals surface area contributed by atoms with Gasteiger partial charge < -0.3 is 24.3 Å². The van der Waals surface area contributed by atoms with E-state index in [9.17, 15) is 9.59 Å². The van der Waals surface area contributed by atoms with Gasteiger partial charge in [0.15, 0.2) is 0 Å². The molecule has 3 fully saturated rings. The van der Waals surface area contributed by atoms with E-state index in [0.29, 0.717) is 50.4 Å². The van der Waals surface area contributed by atoms with Gasteiger partial charge in [0.05, 0.1) is 36.6 Å². The minimum Gasteiger partial charge on any atom is -0.449 e. The Morgan fingerprint density at radius 3 is 2.56 bits per heavy atom. The van der Waals surface area contributed by atoms with Crippen molar-refractivity contribution in [2.24, 2.45) is 12.5 Å². The number of pyridine rings is 1. The first-order valence-corrected chi connectivity index (χ1v) is 16.0. The van der Waals surface area contributed by atoms with Crippen molar-refractivity contribution in [1.82, 2.24) is 24.8 Å². The van der Waals surface area contributed by atoms with Crippen molar-refractivity contribution >= 4 is 40.8 Å². The van der Waals surface area contributed by atoms with Crippen molar-refractivity contribution in [1.29, 1.82) is 0 Å². The van der Waals surface area contributed by atoms with Crippen molar-refractivity contribution in [3.05, 3.63) is 87.7 Å². The topological polar surface area (TPSA) is 98.6 Å². The molecule has 234 valence electrons. The number of aryl methyl sites for hydroxylation is 1. The van der Waals surface area contributed by atoms with Gasteiger partial charge in [0.1, 0.15) is 5.60 Å². The second-order valence-corrected chi connectivity index (χ2v) is 13.5. The number of nitrogens with zero attached hydrogens (tertiary/aromatic N) is 4. The van der Waals surface area contributed by atoms with Crippen LogP contribution in [-0.2, 0) is 21.3 Å². The molecule has 1 aliphatic heterocycles. The van der Waals surface area contributed by atoms with Crippen LogP contribution in [-0.4, -0.2) is 63.8 Å². The van der Waals surface area contributed by atoms with E-state index in [0.717, 1.165) is 52.1 Å². The number of likely N-dealkylation sites (tertiary alicyclic amines) is 1. The van der Waals surface area contributed by atoms with Crippen LogP contribution in [0.25, 0.3) is 17.2 Å². The maximum atomic E-state index is 13.6. The van der Waals surface area contributed by atoms with Gasteiger partial charge in [-0.25, -0.2) is 9.78 Å². The van der Waals surface area contributed by atoms with E-state index in [-0.39, 0.29) is 17.4 Å². The Labute approximate surface area is 268 Å². The third-order valence-corrected chi connectivity index (χ3v) is 10.1. The number of rotatable bonds is 7. The highest BCUT2D eigenvalue weighted by Gasteiger charge is 2.51. The van der Waals surface area contributed by atoms with Crippen LogP contribution in [0.5, 0.6) is 0 Å². The summed E-state index contributed by atoms with van der Waals surface area (Å²) in [6, 6.07) is 9.38. The van der Waals surface area contributed by atoms with E-state index >= 15 is 0 Å². The molecule has 3 heterocycles. The van der Waals surface area contributed by atoms with Crippen molar-refractivity contribution < 1.29 is 19.1 Å². The van der Waals surface area contributed by atoms with E-state index in [4.69, 9.17) is 26.1 Å². The van der Waals surface area contributed by atoms with E-state index in [1.54, 1.807) is 19.6 Å². The molecule has 1 saturated heterocycles. The highest BCUT2D eigenvalue weighted by Crippen LogP contribution is 2.47. The van der Waals surface area contributed by atoms with Gasteiger partial charge in [0.25, 0.3) is 5.91 Å². The molecule has 3 aromatic rings. The number of benzene rings is 1. The number of ether oxygens (including phenoxy) is 2. The van der Waals surface area contributed by atoms with E-state index in [1.807, 2.05) is 47.0 Å². The van der Waals surface area contributed by atoms with Gasteiger partial charge in [-0.2, -0.15) is 0 Å². The Bertz CT molecular complexity index is 1720. The number of amides is 2. The largest absolute Gasteiger partial charge is 0.449 e. The monoisotopic (exact) mass is 627 g/mol. The summed E-state index contributed by atoms with van der Waals surface area (Å²) in [5.74, 6) is -0.148. The van der Waals surface area contributed by atoms with E-state index in [2.05, 4.69) is 29.4 Å². The number of methoxy groups -OCH3 is 1. The highest BCUT2D eigenvalue weighted by atomic mass is 35.5. The Morgan fingerprint density at radius 2 is 1.89 bits per heavy atom. The van der Waals surface area contributed by atoms with Crippen LogP contribution in [0.2, 0.25) is 5.02 Å². The molecule has 1 unspecified atom stereocenters. The van der Waals surface area contributed by atoms with Crippen LogP contribution in [0.3, 0.4) is 0 Å². The van der Waals surface area contributed by atoms with Crippen LogP contribution in [0.4, 0.5) is 4.79 Å². The molecule has 4 aliphatic rings. The molecular formula is C35H38ClN5O4. The number of halogens is 1. The average molecular weight is 628 g/mol. The third kappa shape index (κ3) is 5.68. The number of piperidine rings is 1. The quantitative estimate of drug-likeness (QED) is 0.335. The fourth-order valence-corrected chi connectivity index (χ4v) is 6.61. The molecule has 9 nitrogen and oxygen atoms in total. The summed E-state index contributed by atoms with van der Waals surface area (Å²) in [4.78, 5) is 37.6. The van der Waals surface area contributed by atoms with Crippen molar-refractivity contribution in [3.63, 3.8) is 0 Å². The molecule has 10 heteroatoms. The second-order valence-electron chi connectivity index (χ2n) is 13.1. The summed E-state index contributed by atoms with van der Waals surface area (Å²) in [5.41, 5.74) is 7.05. The van der Waals surface area contributed by atoms with E-state index in [1.165, 1.54) is 5.57 Å². The van der Waals surface area contributed by atoms with Crippen LogP contribution in [0.1, 0.15) is 79.6 Å². The third-order valence-electron chi connectivity index (χ3n) is 9.82. The fourth-order valence-electron chi connectivity index (χ4n) is 6.44. The minimum atomic E-state index is -0.808. The number of aromatic nitrogens is 3. The van der Waals surface area contributed by atoms with Gasteiger partial charge in [-0.05, 0) is 79.5 Å².